The van der Waals surface area contributed by atoms with Crippen molar-refractivity contribution in [3.63, 3.8) is 0 Å². The summed E-state index contributed by atoms with van der Waals surface area (Å²) in [5.74, 6) is 1.51. The van der Waals surface area contributed by atoms with E-state index in [0.29, 0.717) is 12.0 Å². The maximum absolute atomic E-state index is 12.4. The first-order valence-electron chi connectivity index (χ1n) is 7.61. The molecule has 0 aliphatic carbocycles. The summed E-state index contributed by atoms with van der Waals surface area (Å²) in [7, 11) is 0. The summed E-state index contributed by atoms with van der Waals surface area (Å²) in [6.07, 6.45) is 2.42. The minimum Gasteiger partial charge on any atom is -0.446 e. The number of carbonyl (C=O) groups is 1. The maximum Gasteiger partial charge on any atom is 0.261 e. The molecule has 116 valence electrons. The van der Waals surface area contributed by atoms with Crippen LogP contribution in [0, 0.1) is 5.92 Å². The first kappa shape index (κ1) is 14.2. The van der Waals surface area contributed by atoms with Gasteiger partial charge in [-0.3, -0.25) is 4.79 Å². The van der Waals surface area contributed by atoms with Gasteiger partial charge in [0.2, 0.25) is 0 Å². The Morgan fingerprint density at radius 1 is 1.27 bits per heavy atom. The molecular formula is C16H18N2O2S2. The van der Waals surface area contributed by atoms with E-state index >= 15 is 0 Å². The van der Waals surface area contributed by atoms with Crippen molar-refractivity contribution in [2.45, 2.75) is 18.9 Å². The second-order valence-electron chi connectivity index (χ2n) is 5.90. The number of nitrogens with zero attached hydrogens (tertiary/aromatic N) is 1. The maximum atomic E-state index is 12.4. The number of ether oxygens (including phenoxy) is 1. The fraction of sp³-hybridized carbons (Fsp3) is 0.438. The van der Waals surface area contributed by atoms with Gasteiger partial charge in [0.25, 0.3) is 5.91 Å². The first-order chi connectivity index (χ1) is 10.8. The highest BCUT2D eigenvalue weighted by Crippen LogP contribution is 2.31. The van der Waals surface area contributed by atoms with Crippen LogP contribution >= 0.6 is 22.7 Å². The summed E-state index contributed by atoms with van der Waals surface area (Å²) < 4.78 is 5.73. The first-order valence-corrected chi connectivity index (χ1v) is 9.37. The Morgan fingerprint density at radius 2 is 2.14 bits per heavy atom. The van der Waals surface area contributed by atoms with Crippen LogP contribution in [0.3, 0.4) is 0 Å². The molecule has 0 saturated carbocycles. The molecule has 3 aliphatic heterocycles. The van der Waals surface area contributed by atoms with Crippen LogP contribution in [-0.4, -0.2) is 36.5 Å². The standard InChI is InChI=1S/C16H18N2O2S2/c19-16(17-13-9-18-6-3-11(13)4-7-18)14-1-2-15(22-14)20-12-5-8-21-10-12/h1-2,5,8,10-11,13H,3-4,6-7,9H2,(H,17,19)/t13-/m0/s1. The fourth-order valence-corrected chi connectivity index (χ4v) is 4.62. The Bertz CT molecular complexity index is 645. The van der Waals surface area contributed by atoms with Crippen LogP contribution in [-0.2, 0) is 0 Å². The third-order valence-electron chi connectivity index (χ3n) is 4.49. The SMILES string of the molecule is O=C(N[C@H]1CN2CCC1CC2)c1ccc(Oc2ccsc2)s1. The molecule has 0 unspecified atom stereocenters. The summed E-state index contributed by atoms with van der Waals surface area (Å²) in [5, 5.41) is 7.90. The Hall–Kier alpha value is -1.37. The van der Waals surface area contributed by atoms with Gasteiger partial charge in [0.15, 0.2) is 5.06 Å². The zero-order valence-electron chi connectivity index (χ0n) is 12.2. The molecule has 1 atom stereocenters. The van der Waals surface area contributed by atoms with E-state index in [-0.39, 0.29) is 5.91 Å². The average Bonchev–Trinajstić information content (AvgIpc) is 3.21. The normalized spacial score (nSPS) is 26.8. The van der Waals surface area contributed by atoms with Gasteiger partial charge in [-0.05, 0) is 55.4 Å². The molecule has 5 heterocycles. The Balaban J connectivity index is 1.39. The van der Waals surface area contributed by atoms with Crippen LogP contribution in [0.15, 0.2) is 29.0 Å². The number of thiophene rings is 2. The van der Waals surface area contributed by atoms with Gasteiger partial charge in [-0.1, -0.05) is 11.3 Å². The molecule has 2 aromatic heterocycles. The quantitative estimate of drug-likeness (QED) is 0.931. The van der Waals surface area contributed by atoms with E-state index in [2.05, 4.69) is 10.2 Å². The molecule has 1 N–H and O–H groups in total. The lowest BCUT2D eigenvalue weighted by Gasteiger charge is -2.44. The fourth-order valence-electron chi connectivity index (χ4n) is 3.29. The predicted octanol–water partition coefficient (Wildman–Crippen LogP) is 3.43. The second-order valence-corrected chi connectivity index (χ2v) is 7.72. The topological polar surface area (TPSA) is 41.6 Å². The van der Waals surface area contributed by atoms with E-state index < -0.39 is 0 Å². The number of nitrogens with one attached hydrogen (secondary N) is 1. The molecule has 0 spiro atoms. The van der Waals surface area contributed by atoms with Crippen molar-refractivity contribution < 1.29 is 9.53 Å². The largest absolute Gasteiger partial charge is 0.446 e. The number of rotatable bonds is 4. The highest BCUT2D eigenvalue weighted by atomic mass is 32.1. The molecule has 3 saturated heterocycles. The molecule has 2 aromatic rings. The third kappa shape index (κ3) is 2.91. The summed E-state index contributed by atoms with van der Waals surface area (Å²) in [4.78, 5) is 15.6. The molecule has 0 radical (unpaired) electrons. The number of hydrogen-bond donors (Lipinski definition) is 1. The molecule has 3 aliphatic rings. The Morgan fingerprint density at radius 3 is 2.82 bits per heavy atom. The van der Waals surface area contributed by atoms with Crippen molar-refractivity contribution in [2.24, 2.45) is 5.92 Å². The van der Waals surface area contributed by atoms with Gasteiger partial charge in [0.1, 0.15) is 5.75 Å². The summed E-state index contributed by atoms with van der Waals surface area (Å²) in [6.45, 7) is 3.38. The van der Waals surface area contributed by atoms with E-state index in [4.69, 9.17) is 4.74 Å². The zero-order valence-corrected chi connectivity index (χ0v) is 13.8. The van der Waals surface area contributed by atoms with Crippen molar-refractivity contribution in [3.05, 3.63) is 33.8 Å². The highest BCUT2D eigenvalue weighted by molar-refractivity contribution is 7.15. The predicted molar refractivity (Wildman–Crippen MR) is 89.1 cm³/mol. The molecule has 3 fully saturated rings. The van der Waals surface area contributed by atoms with E-state index in [1.807, 2.05) is 29.0 Å². The average molecular weight is 334 g/mol. The van der Waals surface area contributed by atoms with Gasteiger partial charge >= 0.3 is 0 Å². The molecule has 0 aromatic carbocycles. The zero-order chi connectivity index (χ0) is 14.9. The smallest absolute Gasteiger partial charge is 0.261 e. The summed E-state index contributed by atoms with van der Waals surface area (Å²) >= 11 is 3.00. The van der Waals surface area contributed by atoms with Gasteiger partial charge in [-0.25, -0.2) is 0 Å². The summed E-state index contributed by atoms with van der Waals surface area (Å²) in [5.41, 5.74) is 0. The molecule has 4 nitrogen and oxygen atoms in total. The van der Waals surface area contributed by atoms with Crippen LogP contribution in [0.1, 0.15) is 22.5 Å². The molecule has 2 bridgehead atoms. The van der Waals surface area contributed by atoms with E-state index in [0.717, 1.165) is 22.2 Å². The lowest BCUT2D eigenvalue weighted by molar-refractivity contribution is 0.0622. The number of carbonyl (C=O) groups excluding carboxylic acids is 1. The highest BCUT2D eigenvalue weighted by Gasteiger charge is 2.35. The van der Waals surface area contributed by atoms with Crippen molar-refractivity contribution in [3.8, 4) is 10.8 Å². The van der Waals surface area contributed by atoms with E-state index in [1.54, 1.807) is 11.3 Å². The molecule has 6 heteroatoms. The monoisotopic (exact) mass is 334 g/mol. The van der Waals surface area contributed by atoms with Crippen LogP contribution in [0.25, 0.3) is 0 Å². The number of amides is 1. The second kappa shape index (κ2) is 6.02. The van der Waals surface area contributed by atoms with Gasteiger partial charge in [-0.2, -0.15) is 0 Å². The van der Waals surface area contributed by atoms with Gasteiger partial charge in [-0.15, -0.1) is 11.3 Å². The van der Waals surface area contributed by atoms with Gasteiger partial charge in [0, 0.05) is 18.0 Å². The molecular weight excluding hydrogens is 316 g/mol. The van der Waals surface area contributed by atoms with E-state index in [1.165, 1.54) is 37.3 Å². The lowest BCUT2D eigenvalue weighted by atomic mass is 9.84. The van der Waals surface area contributed by atoms with Crippen molar-refractivity contribution >= 4 is 28.6 Å². The minimum atomic E-state index is 0.0314. The molecule has 1 amide bonds. The number of hydrogen-bond acceptors (Lipinski definition) is 5. The van der Waals surface area contributed by atoms with Gasteiger partial charge < -0.3 is 15.0 Å². The van der Waals surface area contributed by atoms with Crippen LogP contribution < -0.4 is 10.1 Å². The van der Waals surface area contributed by atoms with Crippen molar-refractivity contribution in [1.82, 2.24) is 10.2 Å². The Labute approximate surface area is 137 Å². The van der Waals surface area contributed by atoms with Gasteiger partial charge in [0.05, 0.1) is 4.88 Å². The third-order valence-corrected chi connectivity index (χ3v) is 6.11. The minimum absolute atomic E-state index is 0.0314. The Kier molecular flexibility index (Phi) is 3.90. The lowest BCUT2D eigenvalue weighted by Crippen LogP contribution is -2.57. The summed E-state index contributed by atoms with van der Waals surface area (Å²) in [6, 6.07) is 5.95. The van der Waals surface area contributed by atoms with E-state index in [9.17, 15) is 4.79 Å². The van der Waals surface area contributed by atoms with Crippen LogP contribution in [0.5, 0.6) is 10.8 Å². The van der Waals surface area contributed by atoms with Crippen LogP contribution in [0.4, 0.5) is 0 Å². The number of piperidine rings is 3. The van der Waals surface area contributed by atoms with Crippen LogP contribution in [0.2, 0.25) is 0 Å². The molecule has 22 heavy (non-hydrogen) atoms. The van der Waals surface area contributed by atoms with Crippen molar-refractivity contribution in [2.75, 3.05) is 19.6 Å². The van der Waals surface area contributed by atoms with Crippen molar-refractivity contribution in [1.29, 1.82) is 0 Å². The molecule has 5 rings (SSSR count). The number of fused-ring (bicyclic) bond motifs is 3.